The van der Waals surface area contributed by atoms with E-state index >= 15 is 0 Å². The van der Waals surface area contributed by atoms with E-state index in [1.54, 1.807) is 7.11 Å². The second-order valence-electron chi connectivity index (χ2n) is 3.86. The van der Waals surface area contributed by atoms with Crippen molar-refractivity contribution >= 4 is 5.95 Å². The van der Waals surface area contributed by atoms with Crippen molar-refractivity contribution < 1.29 is 4.74 Å². The highest BCUT2D eigenvalue weighted by molar-refractivity contribution is 5.28. The number of anilines is 1. The first kappa shape index (κ1) is 9.52. The molecule has 2 unspecified atom stereocenters. The number of nitrogens with zero attached hydrogens (tertiary/aromatic N) is 2. The maximum atomic E-state index is 4.98. The molecule has 2 rings (SSSR count). The number of methoxy groups -OCH3 is 1. The highest BCUT2D eigenvalue weighted by atomic mass is 16.5. The van der Waals surface area contributed by atoms with Crippen LogP contribution in [0.4, 0.5) is 5.95 Å². The number of hydrogen-bond donors (Lipinski definition) is 1. The van der Waals surface area contributed by atoms with Crippen molar-refractivity contribution in [1.29, 1.82) is 0 Å². The van der Waals surface area contributed by atoms with Crippen molar-refractivity contribution in [3.8, 4) is 0 Å². The number of rotatable bonds is 5. The van der Waals surface area contributed by atoms with Gasteiger partial charge in [0.05, 0.1) is 6.61 Å². The van der Waals surface area contributed by atoms with Gasteiger partial charge in [-0.1, -0.05) is 6.92 Å². The SMILES string of the molecule is COCCNc1nccn1C1CC1C. The van der Waals surface area contributed by atoms with E-state index in [1.807, 2.05) is 12.4 Å². The average Bonchev–Trinajstić information content (AvgIpc) is 2.73. The van der Waals surface area contributed by atoms with Gasteiger partial charge in [-0.2, -0.15) is 0 Å². The minimum absolute atomic E-state index is 0.655. The first-order valence-corrected chi connectivity index (χ1v) is 5.08. The third-order valence-electron chi connectivity index (χ3n) is 2.68. The minimum Gasteiger partial charge on any atom is -0.383 e. The highest BCUT2D eigenvalue weighted by Gasteiger charge is 2.35. The molecule has 4 heteroatoms. The molecule has 0 radical (unpaired) electrons. The van der Waals surface area contributed by atoms with Crippen molar-refractivity contribution in [3.05, 3.63) is 12.4 Å². The predicted molar refractivity (Wildman–Crippen MR) is 55.4 cm³/mol. The molecule has 0 saturated heterocycles. The lowest BCUT2D eigenvalue weighted by Gasteiger charge is -2.08. The fourth-order valence-corrected chi connectivity index (χ4v) is 1.67. The number of aromatic nitrogens is 2. The highest BCUT2D eigenvalue weighted by Crippen LogP contribution is 2.43. The molecular weight excluding hydrogens is 178 g/mol. The van der Waals surface area contributed by atoms with Crippen LogP contribution in [0.25, 0.3) is 0 Å². The van der Waals surface area contributed by atoms with Gasteiger partial charge in [0.2, 0.25) is 5.95 Å². The smallest absolute Gasteiger partial charge is 0.203 e. The molecule has 14 heavy (non-hydrogen) atoms. The molecule has 1 N–H and O–H groups in total. The quantitative estimate of drug-likeness (QED) is 0.724. The molecule has 0 aliphatic heterocycles. The van der Waals surface area contributed by atoms with Crippen molar-refractivity contribution in [1.82, 2.24) is 9.55 Å². The Morgan fingerprint density at radius 2 is 2.50 bits per heavy atom. The summed E-state index contributed by atoms with van der Waals surface area (Å²) in [5.74, 6) is 1.77. The standard InChI is InChI=1S/C10H17N3O/c1-8-7-9(8)13-5-3-11-10(13)12-4-6-14-2/h3,5,8-9H,4,6-7H2,1-2H3,(H,11,12). The Morgan fingerprint density at radius 1 is 1.71 bits per heavy atom. The molecule has 1 saturated carbocycles. The number of hydrogen-bond acceptors (Lipinski definition) is 3. The van der Waals surface area contributed by atoms with E-state index < -0.39 is 0 Å². The van der Waals surface area contributed by atoms with Gasteiger partial charge in [0.15, 0.2) is 0 Å². The zero-order chi connectivity index (χ0) is 9.97. The van der Waals surface area contributed by atoms with E-state index in [-0.39, 0.29) is 0 Å². The van der Waals surface area contributed by atoms with Crippen molar-refractivity contribution in [2.75, 3.05) is 25.6 Å². The maximum Gasteiger partial charge on any atom is 0.203 e. The summed E-state index contributed by atoms with van der Waals surface area (Å²) < 4.78 is 7.20. The molecule has 0 spiro atoms. The molecule has 78 valence electrons. The molecule has 2 atom stereocenters. The van der Waals surface area contributed by atoms with Crippen LogP contribution in [-0.2, 0) is 4.74 Å². The monoisotopic (exact) mass is 195 g/mol. The van der Waals surface area contributed by atoms with Gasteiger partial charge in [0, 0.05) is 32.1 Å². The first-order valence-electron chi connectivity index (χ1n) is 5.08. The van der Waals surface area contributed by atoms with E-state index in [0.717, 1.165) is 18.4 Å². The minimum atomic E-state index is 0.655. The Labute approximate surface area is 84.3 Å². The van der Waals surface area contributed by atoms with Crippen molar-refractivity contribution in [2.45, 2.75) is 19.4 Å². The summed E-state index contributed by atoms with van der Waals surface area (Å²) in [6, 6.07) is 0.655. The fourth-order valence-electron chi connectivity index (χ4n) is 1.67. The Kier molecular flexibility index (Phi) is 2.72. The molecule has 4 nitrogen and oxygen atoms in total. The third-order valence-corrected chi connectivity index (χ3v) is 2.68. The third kappa shape index (κ3) is 1.90. The van der Waals surface area contributed by atoms with E-state index in [2.05, 4.69) is 21.8 Å². The van der Waals surface area contributed by atoms with Crippen LogP contribution >= 0.6 is 0 Å². The van der Waals surface area contributed by atoms with Gasteiger partial charge in [0.25, 0.3) is 0 Å². The Morgan fingerprint density at radius 3 is 3.14 bits per heavy atom. The molecule has 0 aromatic carbocycles. The number of nitrogens with one attached hydrogen (secondary N) is 1. The lowest BCUT2D eigenvalue weighted by molar-refractivity contribution is 0.210. The van der Waals surface area contributed by atoms with Gasteiger partial charge in [-0.05, 0) is 12.3 Å². The summed E-state index contributed by atoms with van der Waals surface area (Å²) >= 11 is 0. The molecule has 1 aliphatic carbocycles. The zero-order valence-corrected chi connectivity index (χ0v) is 8.73. The molecule has 0 bridgehead atoms. The maximum absolute atomic E-state index is 4.98. The summed E-state index contributed by atoms with van der Waals surface area (Å²) in [4.78, 5) is 4.28. The first-order chi connectivity index (χ1) is 6.83. The van der Waals surface area contributed by atoms with Crippen molar-refractivity contribution in [3.63, 3.8) is 0 Å². The normalized spacial score (nSPS) is 25.0. The van der Waals surface area contributed by atoms with Crippen molar-refractivity contribution in [2.24, 2.45) is 5.92 Å². The molecule has 1 aromatic rings. The van der Waals surface area contributed by atoms with E-state index in [0.29, 0.717) is 12.6 Å². The van der Waals surface area contributed by atoms with Crippen LogP contribution in [0, 0.1) is 5.92 Å². The lowest BCUT2D eigenvalue weighted by atomic mass is 10.5. The largest absolute Gasteiger partial charge is 0.383 e. The van der Waals surface area contributed by atoms with Gasteiger partial charge in [-0.25, -0.2) is 4.98 Å². The van der Waals surface area contributed by atoms with Gasteiger partial charge in [0.1, 0.15) is 0 Å². The number of ether oxygens (including phenoxy) is 1. The molecule has 0 amide bonds. The summed E-state index contributed by atoms with van der Waals surface area (Å²) in [6.45, 7) is 3.80. The summed E-state index contributed by atoms with van der Waals surface area (Å²) in [6.07, 6.45) is 5.17. The molecule has 1 fully saturated rings. The Bertz CT molecular complexity index is 297. The van der Waals surface area contributed by atoms with Crippen LogP contribution < -0.4 is 5.32 Å². The van der Waals surface area contributed by atoms with Crippen LogP contribution in [0.1, 0.15) is 19.4 Å². The van der Waals surface area contributed by atoms with Gasteiger partial charge in [-0.15, -0.1) is 0 Å². The van der Waals surface area contributed by atoms with Crippen LogP contribution in [0.5, 0.6) is 0 Å². The van der Waals surface area contributed by atoms with E-state index in [9.17, 15) is 0 Å². The Balaban J connectivity index is 1.93. The van der Waals surface area contributed by atoms with Crippen LogP contribution in [-0.4, -0.2) is 29.8 Å². The Hall–Kier alpha value is -1.03. The molecule has 1 heterocycles. The molecular formula is C10H17N3O. The van der Waals surface area contributed by atoms with Gasteiger partial charge in [-0.3, -0.25) is 0 Å². The second kappa shape index (κ2) is 4.00. The van der Waals surface area contributed by atoms with Gasteiger partial charge < -0.3 is 14.6 Å². The molecule has 1 aliphatic rings. The fraction of sp³-hybridized carbons (Fsp3) is 0.700. The predicted octanol–water partition coefficient (Wildman–Crippen LogP) is 1.52. The van der Waals surface area contributed by atoms with Gasteiger partial charge >= 0.3 is 0 Å². The summed E-state index contributed by atoms with van der Waals surface area (Å²) in [5, 5.41) is 3.26. The van der Waals surface area contributed by atoms with Crippen LogP contribution in [0.15, 0.2) is 12.4 Å². The van der Waals surface area contributed by atoms with E-state index in [4.69, 9.17) is 4.74 Å². The number of imidazole rings is 1. The average molecular weight is 195 g/mol. The van der Waals surface area contributed by atoms with Crippen LogP contribution in [0.3, 0.4) is 0 Å². The summed E-state index contributed by atoms with van der Waals surface area (Å²) in [7, 11) is 1.71. The van der Waals surface area contributed by atoms with Crippen LogP contribution in [0.2, 0.25) is 0 Å². The topological polar surface area (TPSA) is 39.1 Å². The lowest BCUT2D eigenvalue weighted by Crippen LogP contribution is -2.12. The van der Waals surface area contributed by atoms with E-state index in [1.165, 1.54) is 6.42 Å². The summed E-state index contributed by atoms with van der Waals surface area (Å²) in [5.41, 5.74) is 0. The molecule has 1 aromatic heterocycles. The zero-order valence-electron chi connectivity index (χ0n) is 8.73. The second-order valence-corrected chi connectivity index (χ2v) is 3.86.